The molecule has 9 nitrogen and oxygen atoms in total. The SMILES string of the molecule is CNC(=O)/N=C(\N)c1ccc(-c2cnc(N(C)C3CC(C)(C)NC(C)(C)C3)cn2)c(O)c1. The van der Waals surface area contributed by atoms with Gasteiger partial charge in [-0.25, -0.2) is 9.78 Å². The fourth-order valence-electron chi connectivity index (χ4n) is 4.51. The second-order valence-corrected chi connectivity index (χ2v) is 9.61. The molecule has 1 aromatic carbocycles. The average molecular weight is 440 g/mol. The fourth-order valence-corrected chi connectivity index (χ4v) is 4.51. The predicted molar refractivity (Wildman–Crippen MR) is 127 cm³/mol. The molecule has 9 heteroatoms. The number of urea groups is 1. The molecular formula is C23H33N7O2. The highest BCUT2D eigenvalue weighted by Crippen LogP contribution is 2.33. The Morgan fingerprint density at radius 3 is 2.41 bits per heavy atom. The maximum Gasteiger partial charge on any atom is 0.342 e. The highest BCUT2D eigenvalue weighted by atomic mass is 16.3. The molecule has 0 radical (unpaired) electrons. The van der Waals surface area contributed by atoms with E-state index in [2.05, 4.69) is 58.2 Å². The van der Waals surface area contributed by atoms with E-state index in [1.165, 1.54) is 13.1 Å². The number of benzene rings is 1. The van der Waals surface area contributed by atoms with E-state index in [4.69, 9.17) is 5.73 Å². The zero-order valence-electron chi connectivity index (χ0n) is 19.6. The first kappa shape index (κ1) is 23.5. The lowest BCUT2D eigenvalue weighted by molar-refractivity contribution is 0.160. The molecule has 0 saturated carbocycles. The van der Waals surface area contributed by atoms with E-state index in [-0.39, 0.29) is 22.7 Å². The first-order valence-electron chi connectivity index (χ1n) is 10.6. The number of carbonyl (C=O) groups excluding carboxylic acids is 1. The van der Waals surface area contributed by atoms with Crippen LogP contribution in [-0.2, 0) is 0 Å². The third-order valence-electron chi connectivity index (χ3n) is 5.72. The molecule has 5 N–H and O–H groups in total. The zero-order valence-corrected chi connectivity index (χ0v) is 19.6. The number of hydrogen-bond acceptors (Lipinski definition) is 6. The summed E-state index contributed by atoms with van der Waals surface area (Å²) in [6.45, 7) is 8.90. The van der Waals surface area contributed by atoms with Gasteiger partial charge in [0.15, 0.2) is 0 Å². The number of carbonyl (C=O) groups is 1. The van der Waals surface area contributed by atoms with Gasteiger partial charge in [-0.1, -0.05) is 6.07 Å². The van der Waals surface area contributed by atoms with Gasteiger partial charge in [0.05, 0.1) is 18.1 Å². The Balaban J connectivity index is 1.80. The van der Waals surface area contributed by atoms with Gasteiger partial charge in [0.1, 0.15) is 17.4 Å². The lowest BCUT2D eigenvalue weighted by Gasteiger charge is -2.49. The number of aromatic nitrogens is 2. The number of aliphatic imine (C=N–C) groups is 1. The van der Waals surface area contributed by atoms with Gasteiger partial charge in [-0.3, -0.25) is 4.98 Å². The molecule has 1 aliphatic heterocycles. The van der Waals surface area contributed by atoms with Crippen LogP contribution in [0.15, 0.2) is 35.6 Å². The third kappa shape index (κ3) is 5.34. The van der Waals surface area contributed by atoms with Crippen molar-refractivity contribution in [1.82, 2.24) is 20.6 Å². The molecule has 1 aromatic heterocycles. The van der Waals surface area contributed by atoms with Gasteiger partial charge in [0.25, 0.3) is 0 Å². The molecule has 0 bridgehead atoms. The molecule has 0 unspecified atom stereocenters. The van der Waals surface area contributed by atoms with Crippen molar-refractivity contribution in [3.8, 4) is 17.0 Å². The Morgan fingerprint density at radius 1 is 1.22 bits per heavy atom. The van der Waals surface area contributed by atoms with E-state index in [1.54, 1.807) is 24.5 Å². The largest absolute Gasteiger partial charge is 0.507 e. The Labute approximate surface area is 189 Å². The lowest BCUT2D eigenvalue weighted by Crippen LogP contribution is -2.62. The van der Waals surface area contributed by atoms with E-state index in [1.807, 2.05) is 7.05 Å². The van der Waals surface area contributed by atoms with Crippen LogP contribution in [0.3, 0.4) is 0 Å². The quantitative estimate of drug-likeness (QED) is 0.426. The number of rotatable bonds is 4. The summed E-state index contributed by atoms with van der Waals surface area (Å²) in [5.74, 6) is 0.780. The van der Waals surface area contributed by atoms with E-state index in [0.29, 0.717) is 22.9 Å². The molecule has 2 heterocycles. The summed E-state index contributed by atoms with van der Waals surface area (Å²) in [5, 5.41) is 16.6. The van der Waals surface area contributed by atoms with Crippen molar-refractivity contribution in [3.63, 3.8) is 0 Å². The number of nitrogens with one attached hydrogen (secondary N) is 2. The predicted octanol–water partition coefficient (Wildman–Crippen LogP) is 2.64. The molecule has 2 amide bonds. The van der Waals surface area contributed by atoms with Crippen LogP contribution in [0.1, 0.15) is 46.1 Å². The topological polar surface area (TPSA) is 129 Å². The summed E-state index contributed by atoms with van der Waals surface area (Å²) < 4.78 is 0. The molecule has 0 atom stereocenters. The maximum absolute atomic E-state index is 11.4. The van der Waals surface area contributed by atoms with Crippen LogP contribution in [0.25, 0.3) is 11.3 Å². The van der Waals surface area contributed by atoms with Crippen LogP contribution in [0.5, 0.6) is 5.75 Å². The summed E-state index contributed by atoms with van der Waals surface area (Å²) in [6.07, 6.45) is 5.38. The normalized spacial score (nSPS) is 18.2. The van der Waals surface area contributed by atoms with Crippen molar-refractivity contribution >= 4 is 17.7 Å². The number of anilines is 1. The highest BCUT2D eigenvalue weighted by Gasteiger charge is 2.39. The number of phenols is 1. The summed E-state index contributed by atoms with van der Waals surface area (Å²) in [5.41, 5.74) is 7.40. The van der Waals surface area contributed by atoms with Crippen molar-refractivity contribution in [2.24, 2.45) is 10.7 Å². The van der Waals surface area contributed by atoms with Gasteiger partial charge in [0, 0.05) is 42.3 Å². The summed E-state index contributed by atoms with van der Waals surface area (Å²) >= 11 is 0. The van der Waals surface area contributed by atoms with Crippen LogP contribution in [0.4, 0.5) is 10.6 Å². The number of aromatic hydroxyl groups is 1. The van der Waals surface area contributed by atoms with Gasteiger partial charge in [-0.15, -0.1) is 0 Å². The smallest absolute Gasteiger partial charge is 0.342 e. The number of hydrogen-bond donors (Lipinski definition) is 4. The van der Waals surface area contributed by atoms with Crippen molar-refractivity contribution < 1.29 is 9.90 Å². The lowest BCUT2D eigenvalue weighted by atomic mass is 9.79. The first-order chi connectivity index (χ1) is 14.9. The van der Waals surface area contributed by atoms with Crippen LogP contribution in [-0.4, -0.2) is 58.2 Å². The van der Waals surface area contributed by atoms with Crippen LogP contribution < -0.4 is 21.3 Å². The number of nitrogens with two attached hydrogens (primary N) is 1. The molecule has 32 heavy (non-hydrogen) atoms. The minimum Gasteiger partial charge on any atom is -0.507 e. The molecule has 2 aromatic rings. The molecular weight excluding hydrogens is 406 g/mol. The minimum atomic E-state index is -0.558. The number of amides is 2. The van der Waals surface area contributed by atoms with E-state index >= 15 is 0 Å². The number of nitrogens with zero attached hydrogens (tertiary/aromatic N) is 4. The second-order valence-electron chi connectivity index (χ2n) is 9.61. The zero-order chi connectivity index (χ0) is 23.7. The summed E-state index contributed by atoms with van der Waals surface area (Å²) in [6, 6.07) is 4.59. The van der Waals surface area contributed by atoms with Gasteiger partial charge in [-0.2, -0.15) is 4.99 Å². The summed E-state index contributed by atoms with van der Waals surface area (Å²) in [4.78, 5) is 26.4. The number of phenolic OH excluding ortho intramolecular Hbond substituents is 1. The van der Waals surface area contributed by atoms with E-state index < -0.39 is 6.03 Å². The van der Waals surface area contributed by atoms with Gasteiger partial charge in [-0.05, 0) is 52.7 Å². The van der Waals surface area contributed by atoms with Gasteiger partial charge >= 0.3 is 6.03 Å². The van der Waals surface area contributed by atoms with Crippen LogP contribution >= 0.6 is 0 Å². The van der Waals surface area contributed by atoms with Gasteiger partial charge in [0.2, 0.25) is 0 Å². The Hall–Kier alpha value is -3.20. The minimum absolute atomic E-state index is 0.0158. The monoisotopic (exact) mass is 439 g/mol. The van der Waals surface area contributed by atoms with Crippen molar-refractivity contribution in [1.29, 1.82) is 0 Å². The van der Waals surface area contributed by atoms with Crippen molar-refractivity contribution in [2.45, 2.75) is 57.7 Å². The highest BCUT2D eigenvalue weighted by molar-refractivity contribution is 6.04. The van der Waals surface area contributed by atoms with Crippen molar-refractivity contribution in [3.05, 3.63) is 36.2 Å². The second kappa shape index (κ2) is 8.74. The maximum atomic E-state index is 11.4. The molecule has 0 spiro atoms. The number of piperidine rings is 1. The standard InChI is InChI=1S/C23H33N7O2/c1-22(2)10-15(11-23(3,4)29-22)30(6)19-13-26-17(12-27-19)16-8-7-14(9-18(16)31)20(24)28-21(32)25-5/h7-9,12-13,15,29,31H,10-11H2,1-6H3,(H3,24,25,28,32). The first-order valence-corrected chi connectivity index (χ1v) is 10.6. The van der Waals surface area contributed by atoms with Crippen LogP contribution in [0, 0.1) is 0 Å². The molecule has 1 aliphatic rings. The average Bonchev–Trinajstić information content (AvgIpc) is 2.71. The van der Waals surface area contributed by atoms with E-state index in [9.17, 15) is 9.90 Å². The van der Waals surface area contributed by atoms with Crippen molar-refractivity contribution in [2.75, 3.05) is 19.0 Å². The summed E-state index contributed by atoms with van der Waals surface area (Å²) in [7, 11) is 3.51. The van der Waals surface area contributed by atoms with E-state index in [0.717, 1.165) is 18.7 Å². The van der Waals surface area contributed by atoms with Gasteiger partial charge < -0.3 is 26.4 Å². The number of amidine groups is 1. The molecule has 1 fully saturated rings. The third-order valence-corrected chi connectivity index (χ3v) is 5.72. The molecule has 0 aliphatic carbocycles. The molecule has 3 rings (SSSR count). The fraction of sp³-hybridized carbons (Fsp3) is 0.478. The Kier molecular flexibility index (Phi) is 6.41. The Bertz CT molecular complexity index is 1000. The molecule has 1 saturated heterocycles. The molecule has 172 valence electrons. The van der Waals surface area contributed by atoms with Crippen LogP contribution in [0.2, 0.25) is 0 Å². The Morgan fingerprint density at radius 2 is 1.88 bits per heavy atom.